The van der Waals surface area contributed by atoms with Crippen molar-refractivity contribution in [3.8, 4) is 6.07 Å². The maximum Gasteiger partial charge on any atom is 0.264 e. The lowest BCUT2D eigenvalue weighted by molar-refractivity contribution is 0.0674. The normalized spacial score (nSPS) is 13.9. The summed E-state index contributed by atoms with van der Waals surface area (Å²) in [5.41, 5.74) is 6.35. The topological polar surface area (TPSA) is 87.2 Å². The molecule has 0 radical (unpaired) electrons. The molecule has 0 saturated heterocycles. The molecular formula is C10H7N3O2. The van der Waals surface area contributed by atoms with E-state index in [1.54, 1.807) is 18.2 Å². The van der Waals surface area contributed by atoms with Crippen molar-refractivity contribution < 1.29 is 9.59 Å². The highest BCUT2D eigenvalue weighted by molar-refractivity contribution is 6.23. The summed E-state index contributed by atoms with van der Waals surface area (Å²) in [5.74, 6) is -0.946. The molecule has 0 aliphatic carbocycles. The van der Waals surface area contributed by atoms with Crippen LogP contribution in [0.5, 0.6) is 0 Å². The minimum absolute atomic E-state index is 0.206. The molecule has 0 fully saturated rings. The van der Waals surface area contributed by atoms with E-state index in [4.69, 9.17) is 11.0 Å². The van der Waals surface area contributed by atoms with E-state index in [0.29, 0.717) is 0 Å². The molecule has 0 aromatic heterocycles. The molecule has 1 aromatic rings. The van der Waals surface area contributed by atoms with Crippen molar-refractivity contribution >= 4 is 17.5 Å². The zero-order chi connectivity index (χ0) is 11.0. The van der Waals surface area contributed by atoms with Gasteiger partial charge in [0.2, 0.25) is 0 Å². The van der Waals surface area contributed by atoms with Gasteiger partial charge in [-0.05, 0) is 12.1 Å². The van der Waals surface area contributed by atoms with Crippen LogP contribution in [0.2, 0.25) is 0 Å². The second-order valence-electron chi connectivity index (χ2n) is 3.12. The summed E-state index contributed by atoms with van der Waals surface area (Å²) < 4.78 is 0. The van der Waals surface area contributed by atoms with Gasteiger partial charge in [0.15, 0.2) is 0 Å². The third-order valence-electron chi connectivity index (χ3n) is 2.26. The number of carbonyl (C=O) groups is 2. The van der Waals surface area contributed by atoms with E-state index in [0.717, 1.165) is 4.90 Å². The number of hydrogen-bond donors (Lipinski definition) is 1. The Kier molecular flexibility index (Phi) is 1.90. The number of nitriles is 1. The summed E-state index contributed by atoms with van der Waals surface area (Å²) >= 11 is 0. The predicted octanol–water partition coefficient (Wildman–Crippen LogP) is 0.388. The van der Waals surface area contributed by atoms with Crippen LogP contribution in [0, 0.1) is 11.3 Å². The average Bonchev–Trinajstić information content (AvgIpc) is 2.45. The maximum absolute atomic E-state index is 11.7. The minimum atomic E-state index is -0.491. The number of benzene rings is 1. The van der Waals surface area contributed by atoms with Gasteiger partial charge in [0, 0.05) is 5.69 Å². The fraction of sp³-hybridized carbons (Fsp3) is 0.100. The third-order valence-corrected chi connectivity index (χ3v) is 2.26. The Morgan fingerprint density at radius 3 is 2.67 bits per heavy atom. The highest BCUT2D eigenvalue weighted by atomic mass is 16.2. The third kappa shape index (κ3) is 1.15. The van der Waals surface area contributed by atoms with Crippen LogP contribution in [0.1, 0.15) is 20.7 Å². The van der Waals surface area contributed by atoms with Gasteiger partial charge >= 0.3 is 0 Å². The molecule has 2 N–H and O–H groups in total. The Morgan fingerprint density at radius 2 is 2.07 bits per heavy atom. The van der Waals surface area contributed by atoms with Gasteiger partial charge in [-0.2, -0.15) is 5.26 Å². The zero-order valence-corrected chi connectivity index (χ0v) is 7.73. The zero-order valence-electron chi connectivity index (χ0n) is 7.73. The first-order valence-electron chi connectivity index (χ1n) is 4.28. The number of anilines is 1. The molecule has 74 valence electrons. The van der Waals surface area contributed by atoms with Crippen LogP contribution in [0.15, 0.2) is 18.2 Å². The maximum atomic E-state index is 11.7. The van der Waals surface area contributed by atoms with Crippen molar-refractivity contribution in [1.82, 2.24) is 4.90 Å². The number of fused-ring (bicyclic) bond motifs is 1. The van der Waals surface area contributed by atoms with E-state index in [9.17, 15) is 9.59 Å². The first-order valence-corrected chi connectivity index (χ1v) is 4.28. The molecule has 0 unspecified atom stereocenters. The molecule has 2 amide bonds. The van der Waals surface area contributed by atoms with Crippen LogP contribution in [-0.2, 0) is 0 Å². The van der Waals surface area contributed by atoms with Crippen LogP contribution in [0.3, 0.4) is 0 Å². The van der Waals surface area contributed by atoms with Gasteiger partial charge in [-0.15, -0.1) is 0 Å². The van der Waals surface area contributed by atoms with Crippen molar-refractivity contribution in [2.24, 2.45) is 0 Å². The van der Waals surface area contributed by atoms with Gasteiger partial charge in [0.05, 0.1) is 17.2 Å². The molecule has 5 nitrogen and oxygen atoms in total. The van der Waals surface area contributed by atoms with Crippen molar-refractivity contribution in [2.45, 2.75) is 0 Å². The average molecular weight is 201 g/mol. The van der Waals surface area contributed by atoms with Crippen molar-refractivity contribution in [3.05, 3.63) is 29.3 Å². The van der Waals surface area contributed by atoms with E-state index in [2.05, 4.69) is 0 Å². The van der Waals surface area contributed by atoms with Crippen molar-refractivity contribution in [2.75, 3.05) is 12.3 Å². The summed E-state index contributed by atoms with van der Waals surface area (Å²) in [6.07, 6.45) is 0. The lowest BCUT2D eigenvalue weighted by Gasteiger charge is -2.07. The van der Waals surface area contributed by atoms with Gasteiger partial charge in [-0.3, -0.25) is 14.5 Å². The van der Waals surface area contributed by atoms with Gasteiger partial charge in [0.25, 0.3) is 11.8 Å². The summed E-state index contributed by atoms with van der Waals surface area (Å²) in [5, 5.41) is 8.48. The Morgan fingerprint density at radius 1 is 1.33 bits per heavy atom. The standard InChI is InChI=1S/C10H7N3O2/c11-4-5-13-9(14)6-2-1-3-7(12)8(6)10(13)15/h1-3H,5,12H2. The van der Waals surface area contributed by atoms with Gasteiger partial charge in [-0.1, -0.05) is 6.07 Å². The van der Waals surface area contributed by atoms with E-state index >= 15 is 0 Å². The molecule has 0 saturated carbocycles. The highest BCUT2D eigenvalue weighted by Gasteiger charge is 2.36. The van der Waals surface area contributed by atoms with Crippen LogP contribution in [0.4, 0.5) is 5.69 Å². The van der Waals surface area contributed by atoms with Crippen LogP contribution < -0.4 is 5.73 Å². The molecule has 1 aliphatic rings. The summed E-state index contributed by atoms with van der Waals surface area (Å²) in [6, 6.07) is 6.46. The Labute approximate surface area is 85.7 Å². The van der Waals surface area contributed by atoms with Crippen LogP contribution >= 0.6 is 0 Å². The van der Waals surface area contributed by atoms with Gasteiger partial charge < -0.3 is 5.73 Å². The molecule has 0 bridgehead atoms. The first kappa shape index (κ1) is 9.21. The number of amides is 2. The lowest BCUT2D eigenvalue weighted by Crippen LogP contribution is -2.30. The molecule has 0 spiro atoms. The van der Waals surface area contributed by atoms with Crippen LogP contribution in [-0.4, -0.2) is 23.3 Å². The first-order chi connectivity index (χ1) is 7.16. The summed E-state index contributed by atoms with van der Waals surface area (Å²) in [6.45, 7) is -0.244. The number of rotatable bonds is 1. The molecule has 5 heteroatoms. The number of imide groups is 1. The predicted molar refractivity (Wildman–Crippen MR) is 51.8 cm³/mol. The van der Waals surface area contributed by atoms with E-state index < -0.39 is 11.8 Å². The molecule has 1 aliphatic heterocycles. The number of nitrogens with two attached hydrogens (primary N) is 1. The highest BCUT2D eigenvalue weighted by Crippen LogP contribution is 2.26. The number of nitrogens with zero attached hydrogens (tertiary/aromatic N) is 2. The quantitative estimate of drug-likeness (QED) is 0.404. The van der Waals surface area contributed by atoms with Crippen molar-refractivity contribution in [3.63, 3.8) is 0 Å². The summed E-state index contributed by atoms with van der Waals surface area (Å²) in [4.78, 5) is 24.2. The number of hydrogen-bond acceptors (Lipinski definition) is 4. The largest absolute Gasteiger partial charge is 0.398 e. The molecule has 1 aromatic carbocycles. The van der Waals surface area contributed by atoms with E-state index in [-0.39, 0.29) is 23.4 Å². The second kappa shape index (κ2) is 3.10. The van der Waals surface area contributed by atoms with Gasteiger partial charge in [0.1, 0.15) is 6.54 Å². The molecule has 0 atom stereocenters. The SMILES string of the molecule is N#CCN1C(=O)c2cccc(N)c2C1=O. The Bertz CT molecular complexity index is 502. The van der Waals surface area contributed by atoms with E-state index in [1.807, 2.05) is 0 Å². The van der Waals surface area contributed by atoms with E-state index in [1.165, 1.54) is 6.07 Å². The molecular weight excluding hydrogens is 194 g/mol. The summed E-state index contributed by atoms with van der Waals surface area (Å²) in [7, 11) is 0. The lowest BCUT2D eigenvalue weighted by atomic mass is 10.1. The molecule has 1 heterocycles. The Hall–Kier alpha value is -2.35. The second-order valence-corrected chi connectivity index (χ2v) is 3.12. The fourth-order valence-electron chi connectivity index (χ4n) is 1.57. The Balaban J connectivity index is 2.57. The molecule has 15 heavy (non-hydrogen) atoms. The monoisotopic (exact) mass is 201 g/mol. The minimum Gasteiger partial charge on any atom is -0.398 e. The van der Waals surface area contributed by atoms with Crippen LogP contribution in [0.25, 0.3) is 0 Å². The smallest absolute Gasteiger partial charge is 0.264 e. The fourth-order valence-corrected chi connectivity index (χ4v) is 1.57. The number of nitrogen functional groups attached to an aromatic ring is 1. The molecule has 2 rings (SSSR count). The number of carbonyl (C=O) groups excluding carboxylic acids is 2. The van der Waals surface area contributed by atoms with Gasteiger partial charge in [-0.25, -0.2) is 0 Å². The van der Waals surface area contributed by atoms with Crippen molar-refractivity contribution in [1.29, 1.82) is 5.26 Å².